The van der Waals surface area contributed by atoms with Crippen molar-refractivity contribution in [1.29, 1.82) is 0 Å². The summed E-state index contributed by atoms with van der Waals surface area (Å²) in [7, 11) is 0. The van der Waals surface area contributed by atoms with E-state index in [0.29, 0.717) is 29.0 Å². The molecule has 0 saturated carbocycles. The number of benzene rings is 1. The van der Waals surface area contributed by atoms with Gasteiger partial charge in [0, 0.05) is 41.8 Å². The second kappa shape index (κ2) is 6.55. The molecule has 1 aliphatic heterocycles. The molecule has 1 atom stereocenters. The molecular formula is C20H16FN3O2. The van der Waals surface area contributed by atoms with Crippen molar-refractivity contribution in [3.8, 4) is 16.9 Å². The van der Waals surface area contributed by atoms with Gasteiger partial charge in [-0.25, -0.2) is 4.98 Å². The number of fused-ring (bicyclic) bond motifs is 1. The van der Waals surface area contributed by atoms with Gasteiger partial charge in [0.05, 0.1) is 0 Å². The molecule has 1 N–H and O–H groups in total. The second-order valence-corrected chi connectivity index (χ2v) is 6.10. The Labute approximate surface area is 149 Å². The highest BCUT2D eigenvalue weighted by Gasteiger charge is 2.23. The lowest BCUT2D eigenvalue weighted by Crippen LogP contribution is -2.12. The number of carbonyl (C=O) groups is 1. The Morgan fingerprint density at radius 2 is 1.96 bits per heavy atom. The second-order valence-electron chi connectivity index (χ2n) is 6.10. The number of pyridine rings is 2. The van der Waals surface area contributed by atoms with Gasteiger partial charge in [0.1, 0.15) is 11.9 Å². The van der Waals surface area contributed by atoms with Crippen LogP contribution < -0.4 is 10.1 Å². The minimum atomic E-state index is -0.555. The number of rotatable bonds is 4. The predicted molar refractivity (Wildman–Crippen MR) is 94.1 cm³/mol. The van der Waals surface area contributed by atoms with E-state index < -0.39 is 5.95 Å². The molecule has 130 valence electrons. The topological polar surface area (TPSA) is 64.1 Å². The molecule has 0 bridgehead atoms. The number of aromatic nitrogens is 2. The van der Waals surface area contributed by atoms with Crippen LogP contribution >= 0.6 is 0 Å². The molecule has 0 aliphatic carbocycles. The molecule has 1 aliphatic rings. The van der Waals surface area contributed by atoms with Gasteiger partial charge in [-0.15, -0.1) is 0 Å². The Balaban J connectivity index is 1.77. The number of hydrogen-bond donors (Lipinski definition) is 1. The zero-order valence-electron chi connectivity index (χ0n) is 14.1. The first-order chi connectivity index (χ1) is 12.6. The van der Waals surface area contributed by atoms with Crippen LogP contribution in [-0.4, -0.2) is 15.9 Å². The van der Waals surface area contributed by atoms with Crippen LogP contribution in [0, 0.1) is 5.95 Å². The van der Waals surface area contributed by atoms with Crippen LogP contribution in [-0.2, 0) is 6.54 Å². The predicted octanol–water partition coefficient (Wildman–Crippen LogP) is 3.67. The molecule has 3 heterocycles. The minimum Gasteiger partial charge on any atom is -0.485 e. The largest absolute Gasteiger partial charge is 0.485 e. The van der Waals surface area contributed by atoms with Crippen LogP contribution in [0.1, 0.15) is 34.5 Å². The molecule has 2 aromatic heterocycles. The standard InChI is InChI=1S/C20H16FN3O2/c1-12(13-4-6-22-7-5-13)26-18-8-15-11-24-20(25)17(15)9-16(18)14-2-3-19(21)23-10-14/h2-10,12H,11H2,1H3,(H,24,25). The number of halogens is 1. The summed E-state index contributed by atoms with van der Waals surface area (Å²) >= 11 is 0. The van der Waals surface area contributed by atoms with Crippen molar-refractivity contribution in [2.24, 2.45) is 0 Å². The van der Waals surface area contributed by atoms with E-state index in [0.717, 1.165) is 11.1 Å². The van der Waals surface area contributed by atoms with Crippen molar-refractivity contribution in [3.63, 3.8) is 0 Å². The number of nitrogens with one attached hydrogen (secondary N) is 1. The highest BCUT2D eigenvalue weighted by Crippen LogP contribution is 2.36. The average molecular weight is 349 g/mol. The van der Waals surface area contributed by atoms with Crippen LogP contribution in [0.4, 0.5) is 4.39 Å². The first-order valence-electron chi connectivity index (χ1n) is 8.25. The zero-order valence-corrected chi connectivity index (χ0v) is 14.1. The van der Waals surface area contributed by atoms with Gasteiger partial charge in [0.15, 0.2) is 0 Å². The Bertz CT molecular complexity index is 959. The third-order valence-electron chi connectivity index (χ3n) is 4.41. The first-order valence-corrected chi connectivity index (χ1v) is 8.25. The van der Waals surface area contributed by atoms with Gasteiger partial charge >= 0.3 is 0 Å². The summed E-state index contributed by atoms with van der Waals surface area (Å²) in [6.07, 6.45) is 4.65. The van der Waals surface area contributed by atoms with Crippen molar-refractivity contribution in [2.75, 3.05) is 0 Å². The highest BCUT2D eigenvalue weighted by molar-refractivity contribution is 6.00. The number of ether oxygens (including phenoxy) is 1. The molecule has 1 amide bonds. The summed E-state index contributed by atoms with van der Waals surface area (Å²) in [6.45, 7) is 2.41. The Morgan fingerprint density at radius 3 is 2.69 bits per heavy atom. The quantitative estimate of drug-likeness (QED) is 0.730. The van der Waals surface area contributed by atoms with Gasteiger partial charge in [0.25, 0.3) is 5.91 Å². The lowest BCUT2D eigenvalue weighted by Gasteiger charge is -2.19. The molecule has 0 fully saturated rings. The summed E-state index contributed by atoms with van der Waals surface area (Å²) in [5.74, 6) is -0.0525. The molecule has 6 heteroatoms. The SMILES string of the molecule is CC(Oc1cc2c(cc1-c1ccc(F)nc1)C(=O)NC2)c1ccncc1. The fraction of sp³-hybridized carbons (Fsp3) is 0.150. The zero-order chi connectivity index (χ0) is 18.1. The van der Waals surface area contributed by atoms with Crippen LogP contribution in [0.2, 0.25) is 0 Å². The normalized spacial score (nSPS) is 13.8. The van der Waals surface area contributed by atoms with Gasteiger partial charge in [-0.3, -0.25) is 9.78 Å². The number of carbonyl (C=O) groups excluding carboxylic acids is 1. The van der Waals surface area contributed by atoms with Crippen molar-refractivity contribution >= 4 is 5.91 Å². The van der Waals surface area contributed by atoms with Crippen LogP contribution in [0.5, 0.6) is 5.75 Å². The highest BCUT2D eigenvalue weighted by atomic mass is 19.1. The molecular weight excluding hydrogens is 333 g/mol. The Morgan fingerprint density at radius 1 is 1.15 bits per heavy atom. The summed E-state index contributed by atoms with van der Waals surface area (Å²) < 4.78 is 19.4. The fourth-order valence-electron chi connectivity index (χ4n) is 3.00. The third kappa shape index (κ3) is 3.01. The van der Waals surface area contributed by atoms with E-state index in [1.165, 1.54) is 12.3 Å². The van der Waals surface area contributed by atoms with Crippen molar-refractivity contribution < 1.29 is 13.9 Å². The van der Waals surface area contributed by atoms with Gasteiger partial charge < -0.3 is 10.1 Å². The number of nitrogens with zero attached hydrogens (tertiary/aromatic N) is 2. The van der Waals surface area contributed by atoms with Gasteiger partial charge in [-0.2, -0.15) is 4.39 Å². The Kier molecular flexibility index (Phi) is 4.08. The molecule has 0 saturated heterocycles. The van der Waals surface area contributed by atoms with E-state index in [1.807, 2.05) is 25.1 Å². The molecule has 4 rings (SSSR count). The first kappa shape index (κ1) is 16.2. The monoisotopic (exact) mass is 349 g/mol. The van der Waals surface area contributed by atoms with E-state index in [2.05, 4.69) is 15.3 Å². The molecule has 0 spiro atoms. The minimum absolute atomic E-state index is 0.120. The van der Waals surface area contributed by atoms with Crippen LogP contribution in [0.3, 0.4) is 0 Å². The summed E-state index contributed by atoms with van der Waals surface area (Å²) in [4.78, 5) is 19.8. The molecule has 5 nitrogen and oxygen atoms in total. The van der Waals surface area contributed by atoms with Gasteiger partial charge in [-0.1, -0.05) is 0 Å². The molecule has 1 unspecified atom stereocenters. The van der Waals surface area contributed by atoms with Crippen LogP contribution in [0.15, 0.2) is 55.0 Å². The van der Waals surface area contributed by atoms with Crippen molar-refractivity contribution in [1.82, 2.24) is 15.3 Å². The maximum absolute atomic E-state index is 13.2. The van der Waals surface area contributed by atoms with Crippen molar-refractivity contribution in [2.45, 2.75) is 19.6 Å². The lowest BCUT2D eigenvalue weighted by atomic mass is 10.00. The summed E-state index contributed by atoms with van der Waals surface area (Å²) in [6, 6.07) is 10.3. The molecule has 3 aromatic rings. The summed E-state index contributed by atoms with van der Waals surface area (Å²) in [5.41, 5.74) is 3.86. The number of amides is 1. The van der Waals surface area contributed by atoms with E-state index >= 15 is 0 Å². The molecule has 26 heavy (non-hydrogen) atoms. The van der Waals surface area contributed by atoms with Gasteiger partial charge in [-0.05, 0) is 54.4 Å². The fourth-order valence-corrected chi connectivity index (χ4v) is 3.00. The van der Waals surface area contributed by atoms with Crippen molar-refractivity contribution in [3.05, 3.63) is 77.6 Å². The van der Waals surface area contributed by atoms with E-state index in [1.54, 1.807) is 24.5 Å². The molecule has 0 radical (unpaired) electrons. The maximum Gasteiger partial charge on any atom is 0.251 e. The molecule has 1 aromatic carbocycles. The van der Waals surface area contributed by atoms with E-state index in [9.17, 15) is 9.18 Å². The maximum atomic E-state index is 13.2. The number of hydrogen-bond acceptors (Lipinski definition) is 4. The average Bonchev–Trinajstić information content (AvgIpc) is 3.02. The van der Waals surface area contributed by atoms with E-state index in [-0.39, 0.29) is 12.0 Å². The summed E-state index contributed by atoms with van der Waals surface area (Å²) in [5, 5.41) is 2.81. The Hall–Kier alpha value is -3.28. The lowest BCUT2D eigenvalue weighted by molar-refractivity contribution is 0.0966. The van der Waals surface area contributed by atoms with Crippen LogP contribution in [0.25, 0.3) is 11.1 Å². The third-order valence-corrected chi connectivity index (χ3v) is 4.41. The van der Waals surface area contributed by atoms with Gasteiger partial charge in [0.2, 0.25) is 5.95 Å². The smallest absolute Gasteiger partial charge is 0.251 e. The van der Waals surface area contributed by atoms with E-state index in [4.69, 9.17) is 4.74 Å².